The Labute approximate surface area is 160 Å². The van der Waals surface area contributed by atoms with E-state index < -0.39 is 23.9 Å². The maximum absolute atomic E-state index is 11.9. The van der Waals surface area contributed by atoms with Crippen LogP contribution in [0.5, 0.6) is 0 Å². The van der Waals surface area contributed by atoms with Gasteiger partial charge in [0.05, 0.1) is 6.42 Å². The van der Waals surface area contributed by atoms with Crippen LogP contribution in [0.3, 0.4) is 0 Å². The zero-order chi connectivity index (χ0) is 19.1. The fraction of sp³-hybridized carbons (Fsp3) is 0.167. The molecule has 26 heavy (non-hydrogen) atoms. The van der Waals surface area contributed by atoms with Crippen molar-refractivity contribution in [3.63, 3.8) is 0 Å². The molecule has 0 aliphatic rings. The van der Waals surface area contributed by atoms with E-state index in [4.69, 9.17) is 27.9 Å². The summed E-state index contributed by atoms with van der Waals surface area (Å²) in [5.74, 6) is -1.78. The monoisotopic (exact) mass is 394 g/mol. The second kappa shape index (κ2) is 9.22. The quantitative estimate of drug-likeness (QED) is 0.602. The Hall–Kier alpha value is -2.57. The third-order valence-electron chi connectivity index (χ3n) is 3.36. The highest BCUT2D eigenvalue weighted by atomic mass is 35.5. The molecule has 1 atom stereocenters. The molecule has 0 unspecified atom stereocenters. The number of hydrogen-bond acceptors (Lipinski definition) is 4. The highest BCUT2D eigenvalue weighted by molar-refractivity contribution is 6.35. The Morgan fingerprint density at radius 3 is 2.38 bits per heavy atom. The van der Waals surface area contributed by atoms with E-state index in [9.17, 15) is 14.4 Å². The third kappa shape index (κ3) is 5.75. The first-order chi connectivity index (χ1) is 12.4. The smallest absolute Gasteiger partial charge is 0.311 e. The molecule has 0 saturated carbocycles. The van der Waals surface area contributed by atoms with Gasteiger partial charge >= 0.3 is 5.97 Å². The van der Waals surface area contributed by atoms with Crippen molar-refractivity contribution < 1.29 is 19.1 Å². The number of nitrogens with one attached hydrogen (secondary N) is 2. The van der Waals surface area contributed by atoms with Crippen molar-refractivity contribution in [2.45, 2.75) is 19.4 Å². The van der Waals surface area contributed by atoms with E-state index in [0.717, 1.165) is 0 Å². The summed E-state index contributed by atoms with van der Waals surface area (Å²) in [6, 6.07) is 13.1. The number of rotatable bonds is 5. The van der Waals surface area contributed by atoms with Crippen LogP contribution in [0, 0.1) is 0 Å². The first-order valence-electron chi connectivity index (χ1n) is 7.65. The zero-order valence-electron chi connectivity index (χ0n) is 13.8. The molecule has 2 aromatic carbocycles. The highest BCUT2D eigenvalue weighted by Gasteiger charge is 2.19. The van der Waals surface area contributed by atoms with Crippen LogP contribution < -0.4 is 10.9 Å². The number of amides is 2. The molecular formula is C18H16Cl2N2O4. The normalized spacial score (nSPS) is 11.3. The van der Waals surface area contributed by atoms with Gasteiger partial charge in [-0.1, -0.05) is 47.5 Å². The summed E-state index contributed by atoms with van der Waals surface area (Å²) in [4.78, 5) is 35.7. The summed E-state index contributed by atoms with van der Waals surface area (Å²) in [6.07, 6.45) is -1.20. The van der Waals surface area contributed by atoms with Crippen LogP contribution in [0.1, 0.15) is 22.8 Å². The minimum Gasteiger partial charge on any atom is -0.452 e. The summed E-state index contributed by atoms with van der Waals surface area (Å²) in [6.45, 7) is 1.39. The van der Waals surface area contributed by atoms with Crippen LogP contribution in [0.2, 0.25) is 10.0 Å². The van der Waals surface area contributed by atoms with Gasteiger partial charge in [-0.3, -0.25) is 25.2 Å². The Balaban J connectivity index is 1.82. The standard InChI is InChI=1S/C18H16Cl2N2O4/c1-11(17(24)21-22-18(25)12-5-3-2-4-6-12)26-16(23)9-13-7-8-14(19)10-15(13)20/h2-8,10-11H,9H2,1H3,(H,21,24)(H,22,25)/t11-/m1/s1. The fourth-order valence-electron chi connectivity index (χ4n) is 1.99. The number of benzene rings is 2. The Kier molecular flexibility index (Phi) is 7.00. The molecule has 0 radical (unpaired) electrons. The van der Waals surface area contributed by atoms with Crippen LogP contribution in [0.25, 0.3) is 0 Å². The summed E-state index contributed by atoms with van der Waals surface area (Å²) in [5.41, 5.74) is 5.38. The fourth-order valence-corrected chi connectivity index (χ4v) is 2.47. The minimum atomic E-state index is -1.09. The topological polar surface area (TPSA) is 84.5 Å². The SMILES string of the molecule is C[C@@H](OC(=O)Cc1ccc(Cl)cc1Cl)C(=O)NNC(=O)c1ccccc1. The van der Waals surface area contributed by atoms with Crippen LogP contribution >= 0.6 is 23.2 Å². The Morgan fingerprint density at radius 2 is 1.73 bits per heavy atom. The predicted octanol–water partition coefficient (Wildman–Crippen LogP) is 2.93. The lowest BCUT2D eigenvalue weighted by molar-refractivity contribution is -0.154. The van der Waals surface area contributed by atoms with Crippen LogP contribution in [0.4, 0.5) is 0 Å². The minimum absolute atomic E-state index is 0.107. The highest BCUT2D eigenvalue weighted by Crippen LogP contribution is 2.21. The third-order valence-corrected chi connectivity index (χ3v) is 3.95. The van der Waals surface area contributed by atoms with Gasteiger partial charge in [-0.2, -0.15) is 0 Å². The molecule has 0 aromatic heterocycles. The lowest BCUT2D eigenvalue weighted by Gasteiger charge is -2.14. The van der Waals surface area contributed by atoms with Gasteiger partial charge in [0.2, 0.25) is 0 Å². The van der Waals surface area contributed by atoms with E-state index in [2.05, 4.69) is 10.9 Å². The van der Waals surface area contributed by atoms with Gasteiger partial charge in [0.15, 0.2) is 6.10 Å². The van der Waals surface area contributed by atoms with Crippen LogP contribution in [-0.4, -0.2) is 23.9 Å². The first-order valence-corrected chi connectivity index (χ1v) is 8.41. The summed E-state index contributed by atoms with van der Waals surface area (Å²) < 4.78 is 5.05. The molecule has 2 rings (SSSR count). The maximum atomic E-state index is 11.9. The average molecular weight is 395 g/mol. The molecule has 0 aliphatic heterocycles. The van der Waals surface area contributed by atoms with E-state index in [0.29, 0.717) is 21.2 Å². The molecule has 0 bridgehead atoms. The molecule has 2 N–H and O–H groups in total. The molecule has 2 amide bonds. The number of esters is 1. The van der Waals surface area contributed by atoms with Crippen molar-refractivity contribution in [1.82, 2.24) is 10.9 Å². The second-order valence-electron chi connectivity index (χ2n) is 5.35. The average Bonchev–Trinajstić information content (AvgIpc) is 2.62. The number of carbonyl (C=O) groups excluding carboxylic acids is 3. The van der Waals surface area contributed by atoms with E-state index in [1.807, 2.05) is 0 Å². The molecule has 0 aliphatic carbocycles. The number of hydrazine groups is 1. The summed E-state index contributed by atoms with van der Waals surface area (Å²) >= 11 is 11.8. The molecular weight excluding hydrogens is 379 g/mol. The van der Waals surface area contributed by atoms with E-state index in [1.54, 1.807) is 42.5 Å². The van der Waals surface area contributed by atoms with E-state index in [-0.39, 0.29) is 6.42 Å². The molecule has 0 saturated heterocycles. The van der Waals surface area contributed by atoms with Gasteiger partial charge in [-0.25, -0.2) is 0 Å². The molecule has 6 nitrogen and oxygen atoms in total. The first kappa shape index (κ1) is 19.8. The van der Waals surface area contributed by atoms with Gasteiger partial charge < -0.3 is 4.74 Å². The number of hydrogen-bond donors (Lipinski definition) is 2. The number of ether oxygens (including phenoxy) is 1. The molecule has 2 aromatic rings. The van der Waals surface area contributed by atoms with Crippen LogP contribution in [0.15, 0.2) is 48.5 Å². The lowest BCUT2D eigenvalue weighted by Crippen LogP contribution is -2.46. The van der Waals surface area contributed by atoms with Gasteiger partial charge in [0.1, 0.15) is 0 Å². The summed E-state index contributed by atoms with van der Waals surface area (Å²) in [5, 5.41) is 0.788. The van der Waals surface area contributed by atoms with Crippen LogP contribution in [-0.2, 0) is 20.7 Å². The van der Waals surface area contributed by atoms with Gasteiger partial charge in [-0.15, -0.1) is 0 Å². The van der Waals surface area contributed by atoms with E-state index in [1.165, 1.54) is 13.0 Å². The number of carbonyl (C=O) groups is 3. The Morgan fingerprint density at radius 1 is 1.04 bits per heavy atom. The lowest BCUT2D eigenvalue weighted by atomic mass is 10.1. The van der Waals surface area contributed by atoms with Crippen molar-refractivity contribution in [1.29, 1.82) is 0 Å². The maximum Gasteiger partial charge on any atom is 0.311 e. The second-order valence-corrected chi connectivity index (χ2v) is 6.20. The molecule has 0 fully saturated rings. The van der Waals surface area contributed by atoms with Crippen molar-refractivity contribution in [2.24, 2.45) is 0 Å². The summed E-state index contributed by atoms with van der Waals surface area (Å²) in [7, 11) is 0. The Bertz CT molecular complexity index is 812. The molecule has 8 heteroatoms. The number of halogens is 2. The zero-order valence-corrected chi connectivity index (χ0v) is 15.3. The largest absolute Gasteiger partial charge is 0.452 e. The van der Waals surface area contributed by atoms with Crippen molar-refractivity contribution in [3.05, 3.63) is 69.7 Å². The van der Waals surface area contributed by atoms with Crippen molar-refractivity contribution in [3.8, 4) is 0 Å². The molecule has 136 valence electrons. The van der Waals surface area contributed by atoms with Crippen molar-refractivity contribution >= 4 is 41.0 Å². The molecule has 0 spiro atoms. The van der Waals surface area contributed by atoms with Gasteiger partial charge in [0, 0.05) is 15.6 Å². The molecule has 0 heterocycles. The predicted molar refractivity (Wildman–Crippen MR) is 97.8 cm³/mol. The van der Waals surface area contributed by atoms with Gasteiger partial charge in [0.25, 0.3) is 11.8 Å². The van der Waals surface area contributed by atoms with Crippen molar-refractivity contribution in [2.75, 3.05) is 0 Å². The van der Waals surface area contributed by atoms with Gasteiger partial charge in [-0.05, 0) is 36.8 Å². The van der Waals surface area contributed by atoms with E-state index >= 15 is 0 Å².